The Morgan fingerprint density at radius 1 is 1.17 bits per heavy atom. The van der Waals surface area contributed by atoms with Gasteiger partial charge < -0.3 is 31.1 Å². The highest BCUT2D eigenvalue weighted by atomic mass is 16.4. The summed E-state index contributed by atoms with van der Waals surface area (Å²) in [6, 6.07) is -3.40. The van der Waals surface area contributed by atoms with E-state index in [1.54, 1.807) is 0 Å². The summed E-state index contributed by atoms with van der Waals surface area (Å²) in [5.41, 5.74) is 0. The minimum Gasteiger partial charge on any atom is -0.480 e. The van der Waals surface area contributed by atoms with Crippen LogP contribution in [0.3, 0.4) is 0 Å². The molecule has 2 heterocycles. The van der Waals surface area contributed by atoms with Crippen molar-refractivity contribution in [3.63, 3.8) is 0 Å². The maximum Gasteiger partial charge on any atom is 0.326 e. The molecule has 164 valence electrons. The number of aliphatic carboxylic acids is 1. The zero-order valence-corrected chi connectivity index (χ0v) is 17.0. The summed E-state index contributed by atoms with van der Waals surface area (Å²) >= 11 is 0. The van der Waals surface area contributed by atoms with Crippen LogP contribution >= 0.6 is 0 Å². The zero-order chi connectivity index (χ0) is 21.6. The van der Waals surface area contributed by atoms with Crippen LogP contribution in [0.4, 0.5) is 0 Å². The number of amides is 3. The van der Waals surface area contributed by atoms with Gasteiger partial charge in [-0.2, -0.15) is 0 Å². The Labute approximate surface area is 170 Å². The first kappa shape index (κ1) is 23.1. The van der Waals surface area contributed by atoms with Gasteiger partial charge in [0.25, 0.3) is 0 Å². The van der Waals surface area contributed by atoms with Crippen molar-refractivity contribution in [2.45, 2.75) is 70.1 Å². The van der Waals surface area contributed by atoms with E-state index in [4.69, 9.17) is 0 Å². The molecular formula is C19H32N4O6. The molecule has 2 fully saturated rings. The SMILES string of the molecule is CCC(C)C(NC(=O)C1CCCN1)C(=O)NC(CO)C(=O)N1CCCC1C(=O)O. The van der Waals surface area contributed by atoms with Crippen LogP contribution in [0.25, 0.3) is 0 Å². The fourth-order valence-electron chi connectivity index (χ4n) is 3.80. The van der Waals surface area contributed by atoms with E-state index >= 15 is 0 Å². The van der Waals surface area contributed by atoms with E-state index < -0.39 is 42.5 Å². The lowest BCUT2D eigenvalue weighted by atomic mass is 9.97. The Kier molecular flexibility index (Phi) is 8.39. The second kappa shape index (κ2) is 10.5. The number of carboxylic acid groups (broad SMARTS) is 1. The van der Waals surface area contributed by atoms with E-state index in [0.29, 0.717) is 25.7 Å². The monoisotopic (exact) mass is 412 g/mol. The normalized spacial score (nSPS) is 24.6. The molecule has 10 nitrogen and oxygen atoms in total. The number of hydrogen-bond donors (Lipinski definition) is 5. The number of carbonyl (C=O) groups is 4. The number of aliphatic hydroxyl groups is 1. The summed E-state index contributed by atoms with van der Waals surface area (Å²) in [4.78, 5) is 50.5. The average Bonchev–Trinajstić information content (AvgIpc) is 3.40. The van der Waals surface area contributed by atoms with Crippen LogP contribution < -0.4 is 16.0 Å². The minimum atomic E-state index is -1.25. The largest absolute Gasteiger partial charge is 0.480 e. The molecule has 2 rings (SSSR count). The number of nitrogens with zero attached hydrogens (tertiary/aromatic N) is 1. The lowest BCUT2D eigenvalue weighted by Crippen LogP contribution is -2.59. The molecule has 2 aliphatic heterocycles. The third-order valence-electron chi connectivity index (χ3n) is 5.79. The molecule has 0 bridgehead atoms. The number of carbonyl (C=O) groups excluding carboxylic acids is 3. The van der Waals surface area contributed by atoms with Crippen LogP contribution in [0.5, 0.6) is 0 Å². The molecule has 0 radical (unpaired) electrons. The fourth-order valence-corrected chi connectivity index (χ4v) is 3.80. The van der Waals surface area contributed by atoms with Crippen molar-refractivity contribution in [2.24, 2.45) is 5.92 Å². The zero-order valence-electron chi connectivity index (χ0n) is 17.0. The molecule has 0 saturated carbocycles. The van der Waals surface area contributed by atoms with Crippen molar-refractivity contribution in [1.82, 2.24) is 20.9 Å². The molecule has 0 aromatic carbocycles. The molecule has 0 aromatic heterocycles. The molecule has 0 aliphatic carbocycles. The average molecular weight is 412 g/mol. The number of aliphatic hydroxyl groups excluding tert-OH is 1. The van der Waals surface area contributed by atoms with Gasteiger partial charge in [0.15, 0.2) is 0 Å². The standard InChI is InChI=1S/C19H32N4O6/c1-3-11(2)15(22-16(25)12-6-4-8-20-12)17(26)21-13(10-24)18(27)23-9-5-7-14(23)19(28)29/h11-15,20,24H,3-10H2,1-2H3,(H,21,26)(H,22,25)(H,28,29). The van der Waals surface area contributed by atoms with Crippen LogP contribution in [-0.2, 0) is 19.2 Å². The Balaban J connectivity index is 2.05. The van der Waals surface area contributed by atoms with Gasteiger partial charge in [0.05, 0.1) is 12.6 Å². The van der Waals surface area contributed by atoms with Gasteiger partial charge in [-0.05, 0) is 38.1 Å². The molecule has 5 unspecified atom stereocenters. The van der Waals surface area contributed by atoms with Crippen molar-refractivity contribution < 1.29 is 29.4 Å². The third kappa shape index (κ3) is 5.66. The summed E-state index contributed by atoms with van der Waals surface area (Å²) in [6.45, 7) is 4.07. The van der Waals surface area contributed by atoms with Crippen LogP contribution in [0.2, 0.25) is 0 Å². The Morgan fingerprint density at radius 2 is 1.90 bits per heavy atom. The summed E-state index contributed by atoms with van der Waals surface area (Å²) in [5.74, 6) is -2.75. The van der Waals surface area contributed by atoms with Gasteiger partial charge >= 0.3 is 5.97 Å². The highest BCUT2D eigenvalue weighted by Gasteiger charge is 2.38. The molecule has 0 aromatic rings. The highest BCUT2D eigenvalue weighted by molar-refractivity contribution is 5.94. The molecule has 10 heteroatoms. The molecule has 2 aliphatic rings. The van der Waals surface area contributed by atoms with Gasteiger partial charge in [-0.1, -0.05) is 20.3 Å². The first-order valence-corrected chi connectivity index (χ1v) is 10.3. The summed E-state index contributed by atoms with van der Waals surface area (Å²) in [6.07, 6.45) is 3.10. The first-order valence-electron chi connectivity index (χ1n) is 10.3. The van der Waals surface area contributed by atoms with Crippen LogP contribution in [0.15, 0.2) is 0 Å². The third-order valence-corrected chi connectivity index (χ3v) is 5.79. The molecule has 0 spiro atoms. The van der Waals surface area contributed by atoms with E-state index in [2.05, 4.69) is 16.0 Å². The topological polar surface area (TPSA) is 148 Å². The van der Waals surface area contributed by atoms with Gasteiger partial charge in [0.1, 0.15) is 18.1 Å². The number of hydrogen-bond acceptors (Lipinski definition) is 6. The summed E-state index contributed by atoms with van der Waals surface area (Å²) < 4.78 is 0. The second-order valence-corrected chi connectivity index (χ2v) is 7.79. The molecule has 2 saturated heterocycles. The van der Waals surface area contributed by atoms with Crippen molar-refractivity contribution in [1.29, 1.82) is 0 Å². The van der Waals surface area contributed by atoms with E-state index in [1.807, 2.05) is 13.8 Å². The molecule has 5 atom stereocenters. The summed E-state index contributed by atoms with van der Waals surface area (Å²) in [5, 5.41) is 27.3. The predicted molar refractivity (Wildman–Crippen MR) is 104 cm³/mol. The Hall–Kier alpha value is -2.20. The van der Waals surface area contributed by atoms with E-state index in [9.17, 15) is 29.4 Å². The first-order chi connectivity index (χ1) is 13.8. The fraction of sp³-hybridized carbons (Fsp3) is 0.789. The van der Waals surface area contributed by atoms with Crippen molar-refractivity contribution in [3.05, 3.63) is 0 Å². The van der Waals surface area contributed by atoms with Crippen molar-refractivity contribution >= 4 is 23.7 Å². The Morgan fingerprint density at radius 3 is 2.45 bits per heavy atom. The van der Waals surface area contributed by atoms with Gasteiger partial charge in [-0.3, -0.25) is 14.4 Å². The van der Waals surface area contributed by atoms with Gasteiger partial charge in [0.2, 0.25) is 17.7 Å². The lowest BCUT2D eigenvalue weighted by molar-refractivity contribution is -0.150. The molecule has 3 amide bonds. The summed E-state index contributed by atoms with van der Waals surface area (Å²) in [7, 11) is 0. The van der Waals surface area contributed by atoms with Gasteiger partial charge in [-0.15, -0.1) is 0 Å². The maximum absolute atomic E-state index is 12.9. The smallest absolute Gasteiger partial charge is 0.326 e. The van der Waals surface area contributed by atoms with E-state index in [-0.39, 0.29) is 24.4 Å². The molecular weight excluding hydrogens is 380 g/mol. The Bertz CT molecular complexity index is 622. The highest BCUT2D eigenvalue weighted by Crippen LogP contribution is 2.19. The van der Waals surface area contributed by atoms with Crippen LogP contribution in [0, 0.1) is 5.92 Å². The quantitative estimate of drug-likeness (QED) is 0.320. The van der Waals surface area contributed by atoms with Crippen molar-refractivity contribution in [2.75, 3.05) is 19.7 Å². The minimum absolute atomic E-state index is 0.187. The van der Waals surface area contributed by atoms with Gasteiger partial charge in [0, 0.05) is 6.54 Å². The maximum atomic E-state index is 12.9. The number of nitrogens with one attached hydrogen (secondary N) is 3. The lowest BCUT2D eigenvalue weighted by Gasteiger charge is -2.29. The van der Waals surface area contributed by atoms with E-state index in [0.717, 1.165) is 13.0 Å². The van der Waals surface area contributed by atoms with Crippen LogP contribution in [0.1, 0.15) is 46.0 Å². The van der Waals surface area contributed by atoms with Crippen LogP contribution in [-0.4, -0.2) is 82.7 Å². The van der Waals surface area contributed by atoms with Gasteiger partial charge in [-0.25, -0.2) is 4.79 Å². The van der Waals surface area contributed by atoms with E-state index in [1.165, 1.54) is 4.90 Å². The number of rotatable bonds is 9. The van der Waals surface area contributed by atoms with Crippen molar-refractivity contribution in [3.8, 4) is 0 Å². The second-order valence-electron chi connectivity index (χ2n) is 7.79. The molecule has 5 N–H and O–H groups in total. The predicted octanol–water partition coefficient (Wildman–Crippen LogP) is -1.18. The number of carboxylic acids is 1. The molecule has 29 heavy (non-hydrogen) atoms. The number of likely N-dealkylation sites (tertiary alicyclic amines) is 1.